The Morgan fingerprint density at radius 1 is 1.46 bits per heavy atom. The molecule has 0 amide bonds. The zero-order valence-electron chi connectivity index (χ0n) is 8.36. The molecule has 4 nitrogen and oxygen atoms in total. The summed E-state index contributed by atoms with van der Waals surface area (Å²) in [6.07, 6.45) is -1.15. The Hall–Kier alpha value is -0.160. The second kappa shape index (κ2) is 3.92. The van der Waals surface area contributed by atoms with Gasteiger partial charge in [0.05, 0.1) is 18.8 Å². The second-order valence-electron chi connectivity index (χ2n) is 4.02. The summed E-state index contributed by atoms with van der Waals surface area (Å²) in [5.74, 6) is -0.607. The minimum absolute atomic E-state index is 0.315. The molecule has 0 bridgehead atoms. The van der Waals surface area contributed by atoms with E-state index in [1.54, 1.807) is 6.92 Å². The van der Waals surface area contributed by atoms with Gasteiger partial charge < -0.3 is 19.7 Å². The van der Waals surface area contributed by atoms with Gasteiger partial charge in [-0.3, -0.25) is 0 Å². The minimum Gasteiger partial charge on any atom is -0.393 e. The van der Waals surface area contributed by atoms with Crippen LogP contribution in [-0.2, 0) is 9.47 Å². The van der Waals surface area contributed by atoms with Gasteiger partial charge in [0, 0.05) is 6.42 Å². The third-order valence-electron chi connectivity index (χ3n) is 2.04. The number of hydrogen-bond donors (Lipinski definition) is 2. The van der Waals surface area contributed by atoms with Crippen LogP contribution in [0.15, 0.2) is 0 Å². The predicted octanol–water partition coefficient (Wildman–Crippen LogP) is 0.270. The first-order chi connectivity index (χ1) is 5.91. The standard InChI is InChI=1S/C9H18O4/c1-6(10)4-7(11)8-5-12-9(2,3)13-8/h6-8,10-11H,4-5H2,1-3H3/t6-,7-,8-/m1/s1. The molecule has 1 aliphatic rings. The average molecular weight is 190 g/mol. The molecule has 4 heteroatoms. The van der Waals surface area contributed by atoms with Gasteiger partial charge in [0.2, 0.25) is 0 Å². The fraction of sp³-hybridized carbons (Fsp3) is 1.00. The maximum atomic E-state index is 9.59. The lowest BCUT2D eigenvalue weighted by Crippen LogP contribution is -2.32. The number of hydrogen-bond acceptors (Lipinski definition) is 4. The minimum atomic E-state index is -0.651. The normalized spacial score (nSPS) is 31.6. The van der Waals surface area contributed by atoms with Crippen LogP contribution in [0.3, 0.4) is 0 Å². The number of rotatable bonds is 3. The summed E-state index contributed by atoms with van der Waals surface area (Å²) >= 11 is 0. The van der Waals surface area contributed by atoms with Crippen LogP contribution in [0.25, 0.3) is 0 Å². The van der Waals surface area contributed by atoms with Crippen molar-refractivity contribution < 1.29 is 19.7 Å². The molecule has 0 spiro atoms. The van der Waals surface area contributed by atoms with Crippen LogP contribution in [-0.4, -0.2) is 40.9 Å². The summed E-state index contributed by atoms with van der Waals surface area (Å²) in [6, 6.07) is 0. The summed E-state index contributed by atoms with van der Waals surface area (Å²) in [4.78, 5) is 0. The Morgan fingerprint density at radius 2 is 2.08 bits per heavy atom. The summed E-state index contributed by atoms with van der Waals surface area (Å²) in [5, 5.41) is 18.6. The highest BCUT2D eigenvalue weighted by molar-refractivity contribution is 4.78. The van der Waals surface area contributed by atoms with Crippen molar-refractivity contribution in [3.05, 3.63) is 0 Å². The fourth-order valence-electron chi connectivity index (χ4n) is 1.41. The van der Waals surface area contributed by atoms with Crippen LogP contribution in [0, 0.1) is 0 Å². The molecule has 0 aromatic heterocycles. The molecule has 13 heavy (non-hydrogen) atoms. The van der Waals surface area contributed by atoms with E-state index in [0.29, 0.717) is 13.0 Å². The number of aliphatic hydroxyl groups excluding tert-OH is 2. The summed E-state index contributed by atoms with van der Waals surface area (Å²) in [5.41, 5.74) is 0. The Morgan fingerprint density at radius 3 is 2.46 bits per heavy atom. The van der Waals surface area contributed by atoms with Gasteiger partial charge >= 0.3 is 0 Å². The van der Waals surface area contributed by atoms with E-state index >= 15 is 0 Å². The first-order valence-electron chi connectivity index (χ1n) is 4.58. The Balaban J connectivity index is 2.37. The third kappa shape index (κ3) is 3.23. The lowest BCUT2D eigenvalue weighted by atomic mass is 10.1. The molecule has 0 aromatic rings. The van der Waals surface area contributed by atoms with E-state index in [0.717, 1.165) is 0 Å². The number of ether oxygens (including phenoxy) is 2. The van der Waals surface area contributed by atoms with Crippen LogP contribution >= 0.6 is 0 Å². The van der Waals surface area contributed by atoms with Crippen molar-refractivity contribution in [1.29, 1.82) is 0 Å². The van der Waals surface area contributed by atoms with E-state index in [-0.39, 0.29) is 6.10 Å². The van der Waals surface area contributed by atoms with Gasteiger partial charge in [-0.15, -0.1) is 0 Å². The highest BCUT2D eigenvalue weighted by Crippen LogP contribution is 2.25. The predicted molar refractivity (Wildman–Crippen MR) is 47.2 cm³/mol. The Labute approximate surface area is 78.5 Å². The highest BCUT2D eigenvalue weighted by Gasteiger charge is 2.36. The number of aliphatic hydroxyl groups is 2. The third-order valence-corrected chi connectivity index (χ3v) is 2.04. The quantitative estimate of drug-likeness (QED) is 0.670. The fourth-order valence-corrected chi connectivity index (χ4v) is 1.41. The van der Waals surface area contributed by atoms with Crippen LogP contribution in [0.5, 0.6) is 0 Å². The lowest BCUT2D eigenvalue weighted by molar-refractivity contribution is -0.153. The Kier molecular flexibility index (Phi) is 3.29. The maximum absolute atomic E-state index is 9.59. The molecule has 1 heterocycles. The summed E-state index contributed by atoms with van der Waals surface area (Å²) in [6.45, 7) is 5.65. The highest BCUT2D eigenvalue weighted by atomic mass is 16.7. The molecule has 1 saturated heterocycles. The molecule has 1 fully saturated rings. The molecule has 0 radical (unpaired) electrons. The first kappa shape index (κ1) is 10.9. The summed E-state index contributed by atoms with van der Waals surface area (Å²) < 4.78 is 10.7. The van der Waals surface area contributed by atoms with E-state index in [9.17, 15) is 5.11 Å². The van der Waals surface area contributed by atoms with E-state index in [1.807, 2.05) is 13.8 Å². The Bertz CT molecular complexity index is 167. The van der Waals surface area contributed by atoms with Gasteiger partial charge in [0.15, 0.2) is 5.79 Å². The van der Waals surface area contributed by atoms with E-state index in [2.05, 4.69) is 0 Å². The van der Waals surface area contributed by atoms with Gasteiger partial charge in [-0.1, -0.05) is 0 Å². The molecular formula is C9H18O4. The molecule has 1 aliphatic heterocycles. The SMILES string of the molecule is C[C@@H](O)C[C@@H](O)[C@H]1COC(C)(C)O1. The van der Waals surface area contributed by atoms with Crippen LogP contribution in [0.1, 0.15) is 27.2 Å². The zero-order chi connectivity index (χ0) is 10.1. The van der Waals surface area contributed by atoms with Crippen molar-refractivity contribution >= 4 is 0 Å². The van der Waals surface area contributed by atoms with E-state index in [4.69, 9.17) is 14.6 Å². The molecule has 0 aliphatic carbocycles. The van der Waals surface area contributed by atoms with Crippen molar-refractivity contribution in [3.63, 3.8) is 0 Å². The van der Waals surface area contributed by atoms with Gasteiger partial charge in [0.1, 0.15) is 6.10 Å². The van der Waals surface area contributed by atoms with Crippen LogP contribution in [0.2, 0.25) is 0 Å². The van der Waals surface area contributed by atoms with Gasteiger partial charge in [-0.2, -0.15) is 0 Å². The van der Waals surface area contributed by atoms with E-state index in [1.165, 1.54) is 0 Å². The van der Waals surface area contributed by atoms with Gasteiger partial charge in [-0.05, 0) is 20.8 Å². The molecular weight excluding hydrogens is 172 g/mol. The molecule has 2 N–H and O–H groups in total. The lowest BCUT2D eigenvalue weighted by Gasteiger charge is -2.21. The molecule has 0 aromatic carbocycles. The second-order valence-corrected chi connectivity index (χ2v) is 4.02. The van der Waals surface area contributed by atoms with Crippen molar-refractivity contribution in [2.45, 2.75) is 51.3 Å². The van der Waals surface area contributed by atoms with Crippen molar-refractivity contribution in [1.82, 2.24) is 0 Å². The average Bonchev–Trinajstić information content (AvgIpc) is 2.28. The molecule has 3 atom stereocenters. The molecule has 0 unspecified atom stereocenters. The molecule has 1 rings (SSSR count). The van der Waals surface area contributed by atoms with Crippen molar-refractivity contribution in [3.8, 4) is 0 Å². The monoisotopic (exact) mass is 190 g/mol. The van der Waals surface area contributed by atoms with Gasteiger partial charge in [0.25, 0.3) is 0 Å². The zero-order valence-corrected chi connectivity index (χ0v) is 8.36. The van der Waals surface area contributed by atoms with Crippen LogP contribution < -0.4 is 0 Å². The topological polar surface area (TPSA) is 58.9 Å². The molecule has 0 saturated carbocycles. The van der Waals surface area contributed by atoms with Crippen LogP contribution in [0.4, 0.5) is 0 Å². The van der Waals surface area contributed by atoms with Gasteiger partial charge in [-0.25, -0.2) is 0 Å². The largest absolute Gasteiger partial charge is 0.393 e. The smallest absolute Gasteiger partial charge is 0.163 e. The maximum Gasteiger partial charge on any atom is 0.163 e. The molecule has 78 valence electrons. The van der Waals surface area contributed by atoms with E-state index < -0.39 is 18.0 Å². The van der Waals surface area contributed by atoms with Crippen molar-refractivity contribution in [2.24, 2.45) is 0 Å². The summed E-state index contributed by atoms with van der Waals surface area (Å²) in [7, 11) is 0. The van der Waals surface area contributed by atoms with Crippen molar-refractivity contribution in [2.75, 3.05) is 6.61 Å². The first-order valence-corrected chi connectivity index (χ1v) is 4.58.